The molecule has 0 spiro atoms. The Hall–Kier alpha value is -1.42. The van der Waals surface area contributed by atoms with E-state index in [4.69, 9.17) is 0 Å². The van der Waals surface area contributed by atoms with E-state index >= 15 is 0 Å². The number of aromatic amines is 1. The van der Waals surface area contributed by atoms with Crippen molar-refractivity contribution in [3.8, 4) is 0 Å². The first-order chi connectivity index (χ1) is 9.67. The SMILES string of the molecule is CCCN(CCC)CCc1c[nH]c2c(F)c(F)ccc12. The minimum Gasteiger partial charge on any atom is -0.358 e. The molecule has 0 amide bonds. The van der Waals surface area contributed by atoms with Crippen LogP contribution in [0.2, 0.25) is 0 Å². The van der Waals surface area contributed by atoms with E-state index in [-0.39, 0.29) is 5.52 Å². The van der Waals surface area contributed by atoms with E-state index < -0.39 is 11.6 Å². The highest BCUT2D eigenvalue weighted by Gasteiger charge is 2.12. The van der Waals surface area contributed by atoms with Crippen molar-refractivity contribution >= 4 is 10.9 Å². The van der Waals surface area contributed by atoms with Gasteiger partial charge in [-0.2, -0.15) is 0 Å². The Balaban J connectivity index is 2.12. The minimum absolute atomic E-state index is 0.275. The van der Waals surface area contributed by atoms with Crippen LogP contribution in [0.1, 0.15) is 32.3 Å². The molecule has 20 heavy (non-hydrogen) atoms. The van der Waals surface area contributed by atoms with Gasteiger partial charge in [-0.25, -0.2) is 8.78 Å². The average Bonchev–Trinajstić information content (AvgIpc) is 2.84. The second kappa shape index (κ2) is 6.84. The van der Waals surface area contributed by atoms with E-state index in [1.54, 1.807) is 12.3 Å². The third kappa shape index (κ3) is 3.18. The number of aromatic nitrogens is 1. The molecule has 0 saturated carbocycles. The largest absolute Gasteiger partial charge is 0.358 e. The number of fused-ring (bicyclic) bond motifs is 1. The van der Waals surface area contributed by atoms with Gasteiger partial charge in [-0.1, -0.05) is 13.8 Å². The lowest BCUT2D eigenvalue weighted by atomic mass is 10.1. The summed E-state index contributed by atoms with van der Waals surface area (Å²) in [5, 5.41) is 0.789. The van der Waals surface area contributed by atoms with Crippen molar-refractivity contribution in [2.24, 2.45) is 0 Å². The molecule has 110 valence electrons. The second-order valence-corrected chi connectivity index (χ2v) is 5.19. The van der Waals surface area contributed by atoms with Gasteiger partial charge in [0.15, 0.2) is 11.6 Å². The van der Waals surface area contributed by atoms with Crippen molar-refractivity contribution in [2.75, 3.05) is 19.6 Å². The summed E-state index contributed by atoms with van der Waals surface area (Å²) in [5.41, 5.74) is 1.33. The van der Waals surface area contributed by atoms with Gasteiger partial charge in [0, 0.05) is 18.1 Å². The normalized spacial score (nSPS) is 11.7. The zero-order valence-corrected chi connectivity index (χ0v) is 12.2. The Morgan fingerprint density at radius 2 is 1.75 bits per heavy atom. The molecular formula is C16H22F2N2. The fraction of sp³-hybridized carbons (Fsp3) is 0.500. The van der Waals surface area contributed by atoms with Crippen molar-refractivity contribution in [1.82, 2.24) is 9.88 Å². The van der Waals surface area contributed by atoms with Crippen LogP contribution in [0.25, 0.3) is 10.9 Å². The van der Waals surface area contributed by atoms with Gasteiger partial charge < -0.3 is 9.88 Å². The number of rotatable bonds is 7. The first kappa shape index (κ1) is 15.0. The monoisotopic (exact) mass is 280 g/mol. The molecule has 0 unspecified atom stereocenters. The minimum atomic E-state index is -0.801. The van der Waals surface area contributed by atoms with Crippen LogP contribution in [0.4, 0.5) is 8.78 Å². The van der Waals surface area contributed by atoms with Crippen molar-refractivity contribution in [2.45, 2.75) is 33.1 Å². The Morgan fingerprint density at radius 3 is 2.40 bits per heavy atom. The summed E-state index contributed by atoms with van der Waals surface area (Å²) in [4.78, 5) is 5.27. The fourth-order valence-electron chi connectivity index (χ4n) is 2.65. The molecular weight excluding hydrogens is 258 g/mol. The zero-order chi connectivity index (χ0) is 14.5. The standard InChI is InChI=1S/C16H22F2N2/c1-3-8-20(9-4-2)10-7-12-11-19-16-13(12)5-6-14(17)15(16)18/h5-6,11,19H,3-4,7-10H2,1-2H3. The highest BCUT2D eigenvalue weighted by atomic mass is 19.2. The first-order valence-electron chi connectivity index (χ1n) is 7.33. The summed E-state index contributed by atoms with van der Waals surface area (Å²) in [6, 6.07) is 2.86. The van der Waals surface area contributed by atoms with Crippen LogP contribution in [-0.2, 0) is 6.42 Å². The predicted molar refractivity (Wildman–Crippen MR) is 78.9 cm³/mol. The van der Waals surface area contributed by atoms with Crippen LogP contribution in [0.3, 0.4) is 0 Å². The molecule has 4 heteroatoms. The molecule has 0 radical (unpaired) electrons. The lowest BCUT2D eigenvalue weighted by Crippen LogP contribution is -2.27. The Morgan fingerprint density at radius 1 is 1.05 bits per heavy atom. The number of halogens is 2. The van der Waals surface area contributed by atoms with Gasteiger partial charge in [0.1, 0.15) is 0 Å². The number of benzene rings is 1. The molecule has 0 fully saturated rings. The molecule has 2 aromatic rings. The van der Waals surface area contributed by atoms with Gasteiger partial charge >= 0.3 is 0 Å². The van der Waals surface area contributed by atoms with Crippen molar-refractivity contribution in [1.29, 1.82) is 0 Å². The summed E-state index contributed by atoms with van der Waals surface area (Å²) in [6.45, 7) is 7.46. The molecule has 1 heterocycles. The van der Waals surface area contributed by atoms with E-state index in [9.17, 15) is 8.78 Å². The lowest BCUT2D eigenvalue weighted by molar-refractivity contribution is 0.278. The van der Waals surface area contributed by atoms with Crippen molar-refractivity contribution < 1.29 is 8.78 Å². The maximum absolute atomic E-state index is 13.6. The Kier molecular flexibility index (Phi) is 5.12. The molecule has 0 saturated heterocycles. The van der Waals surface area contributed by atoms with Crippen molar-refractivity contribution in [3.63, 3.8) is 0 Å². The third-order valence-corrected chi connectivity index (χ3v) is 3.61. The number of hydrogen-bond donors (Lipinski definition) is 1. The Labute approximate surface area is 118 Å². The maximum Gasteiger partial charge on any atom is 0.182 e. The van der Waals surface area contributed by atoms with Crippen LogP contribution in [0, 0.1) is 11.6 Å². The predicted octanol–water partition coefficient (Wildman–Crippen LogP) is 4.11. The Bertz CT molecular complexity index is 557. The molecule has 0 aliphatic rings. The zero-order valence-electron chi connectivity index (χ0n) is 12.2. The van der Waals surface area contributed by atoms with Crippen LogP contribution >= 0.6 is 0 Å². The summed E-state index contributed by atoms with van der Waals surface area (Å²) < 4.78 is 26.8. The van der Waals surface area contributed by atoms with Crippen LogP contribution in [0.15, 0.2) is 18.3 Å². The molecule has 0 aliphatic heterocycles. The molecule has 0 aliphatic carbocycles. The van der Waals surface area contributed by atoms with Gasteiger partial charge in [0.2, 0.25) is 0 Å². The average molecular weight is 280 g/mol. The van der Waals surface area contributed by atoms with E-state index in [1.165, 1.54) is 6.07 Å². The molecule has 1 N–H and O–H groups in total. The van der Waals surface area contributed by atoms with Gasteiger partial charge in [0.25, 0.3) is 0 Å². The van der Waals surface area contributed by atoms with E-state index in [0.29, 0.717) is 0 Å². The first-order valence-corrected chi connectivity index (χ1v) is 7.33. The molecule has 0 atom stereocenters. The summed E-state index contributed by atoms with van der Waals surface area (Å²) in [5.74, 6) is -1.59. The van der Waals surface area contributed by atoms with E-state index in [1.807, 2.05) is 0 Å². The number of H-pyrrole nitrogens is 1. The number of hydrogen-bond acceptors (Lipinski definition) is 1. The number of nitrogens with zero attached hydrogens (tertiary/aromatic N) is 1. The third-order valence-electron chi connectivity index (χ3n) is 3.61. The quantitative estimate of drug-likeness (QED) is 0.808. The van der Waals surface area contributed by atoms with Crippen LogP contribution in [0.5, 0.6) is 0 Å². The van der Waals surface area contributed by atoms with Crippen molar-refractivity contribution in [3.05, 3.63) is 35.5 Å². The smallest absolute Gasteiger partial charge is 0.182 e. The van der Waals surface area contributed by atoms with Gasteiger partial charge in [-0.05, 0) is 50.0 Å². The van der Waals surface area contributed by atoms with E-state index in [0.717, 1.165) is 49.8 Å². The van der Waals surface area contributed by atoms with E-state index in [2.05, 4.69) is 23.7 Å². The maximum atomic E-state index is 13.6. The summed E-state index contributed by atoms with van der Waals surface area (Å²) in [7, 11) is 0. The topological polar surface area (TPSA) is 19.0 Å². The fourth-order valence-corrected chi connectivity index (χ4v) is 2.65. The summed E-state index contributed by atoms with van der Waals surface area (Å²) in [6.07, 6.45) is 4.91. The van der Waals surface area contributed by atoms with Crippen LogP contribution in [-0.4, -0.2) is 29.5 Å². The molecule has 1 aromatic carbocycles. The number of nitrogens with one attached hydrogen (secondary N) is 1. The molecule has 0 bridgehead atoms. The highest BCUT2D eigenvalue weighted by Crippen LogP contribution is 2.23. The van der Waals surface area contributed by atoms with Crippen LogP contribution < -0.4 is 0 Å². The van der Waals surface area contributed by atoms with Gasteiger partial charge in [0.05, 0.1) is 5.52 Å². The molecule has 2 nitrogen and oxygen atoms in total. The second-order valence-electron chi connectivity index (χ2n) is 5.19. The summed E-state index contributed by atoms with van der Waals surface area (Å²) >= 11 is 0. The van der Waals surface area contributed by atoms with Gasteiger partial charge in [-0.3, -0.25) is 0 Å². The molecule has 2 rings (SSSR count). The lowest BCUT2D eigenvalue weighted by Gasteiger charge is -2.20. The molecule has 1 aromatic heterocycles. The van der Waals surface area contributed by atoms with Gasteiger partial charge in [-0.15, -0.1) is 0 Å². The highest BCUT2D eigenvalue weighted by molar-refractivity contribution is 5.83.